The molecule has 1 heterocycles. The first kappa shape index (κ1) is 12.7. The summed E-state index contributed by atoms with van der Waals surface area (Å²) in [5.41, 5.74) is 4.87. The van der Waals surface area contributed by atoms with Crippen LogP contribution < -0.4 is 4.74 Å². The number of fused-ring (bicyclic) bond motifs is 1. The van der Waals surface area contributed by atoms with E-state index >= 15 is 0 Å². The van der Waals surface area contributed by atoms with Gasteiger partial charge < -0.3 is 9.72 Å². The molecule has 3 rings (SSSR count). The number of aromatic nitrogens is 2. The molecule has 0 unspecified atom stereocenters. The first-order valence-corrected chi connectivity index (χ1v) is 6.39. The van der Waals surface area contributed by atoms with Crippen molar-refractivity contribution in [3.63, 3.8) is 0 Å². The number of imidazole rings is 1. The van der Waals surface area contributed by atoms with Gasteiger partial charge in [0.15, 0.2) is 11.6 Å². The zero-order valence-corrected chi connectivity index (χ0v) is 11.6. The van der Waals surface area contributed by atoms with Gasteiger partial charge in [-0.3, -0.25) is 0 Å². The van der Waals surface area contributed by atoms with Gasteiger partial charge in [-0.05, 0) is 49.2 Å². The molecule has 2 aromatic carbocycles. The van der Waals surface area contributed by atoms with Gasteiger partial charge in [0, 0.05) is 5.56 Å². The molecule has 0 radical (unpaired) electrons. The summed E-state index contributed by atoms with van der Waals surface area (Å²) >= 11 is 0. The fraction of sp³-hybridized carbons (Fsp3) is 0.188. The number of ether oxygens (including phenoxy) is 1. The molecule has 0 aliphatic carbocycles. The number of halogens is 1. The Kier molecular flexibility index (Phi) is 2.93. The molecular formula is C16H15FN2O. The number of hydrogen-bond acceptors (Lipinski definition) is 2. The minimum absolute atomic E-state index is 0.233. The lowest BCUT2D eigenvalue weighted by Gasteiger charge is -2.02. The molecule has 0 aliphatic rings. The molecule has 1 N–H and O–H groups in total. The van der Waals surface area contributed by atoms with E-state index in [1.165, 1.54) is 18.7 Å². The summed E-state index contributed by atoms with van der Waals surface area (Å²) in [6.45, 7) is 4.06. The fourth-order valence-corrected chi connectivity index (χ4v) is 2.42. The smallest absolute Gasteiger partial charge is 0.165 e. The summed E-state index contributed by atoms with van der Waals surface area (Å²) in [4.78, 5) is 7.80. The van der Waals surface area contributed by atoms with Gasteiger partial charge in [0.1, 0.15) is 5.82 Å². The van der Waals surface area contributed by atoms with Crippen LogP contribution in [0.25, 0.3) is 22.4 Å². The number of aromatic amines is 1. The first-order valence-electron chi connectivity index (χ1n) is 6.39. The standard InChI is InChI=1S/C16H15FN2O/c1-9-6-10(2)15-13(7-9)18-16(19-15)11-4-5-14(20-3)12(17)8-11/h4-8H,1-3H3,(H,18,19). The van der Waals surface area contributed by atoms with E-state index in [9.17, 15) is 4.39 Å². The predicted molar refractivity (Wildman–Crippen MR) is 77.5 cm³/mol. The van der Waals surface area contributed by atoms with Crippen molar-refractivity contribution >= 4 is 11.0 Å². The molecule has 0 saturated carbocycles. The Labute approximate surface area is 116 Å². The van der Waals surface area contributed by atoms with Crippen LogP contribution in [0.4, 0.5) is 4.39 Å². The Balaban J connectivity index is 2.15. The highest BCUT2D eigenvalue weighted by Crippen LogP contribution is 2.27. The maximum Gasteiger partial charge on any atom is 0.165 e. The van der Waals surface area contributed by atoms with Crippen LogP contribution in [-0.2, 0) is 0 Å². The van der Waals surface area contributed by atoms with Gasteiger partial charge >= 0.3 is 0 Å². The molecule has 0 amide bonds. The second-order valence-electron chi connectivity index (χ2n) is 4.91. The maximum absolute atomic E-state index is 13.8. The minimum Gasteiger partial charge on any atom is -0.494 e. The molecule has 0 spiro atoms. The second-order valence-corrected chi connectivity index (χ2v) is 4.91. The summed E-state index contributed by atoms with van der Waals surface area (Å²) in [6, 6.07) is 8.96. The Morgan fingerprint density at radius 1 is 1.15 bits per heavy atom. The number of methoxy groups -OCH3 is 1. The van der Waals surface area contributed by atoms with Crippen LogP contribution in [0.15, 0.2) is 30.3 Å². The number of benzene rings is 2. The van der Waals surface area contributed by atoms with Crippen LogP contribution in [0.2, 0.25) is 0 Å². The van der Waals surface area contributed by atoms with E-state index in [1.54, 1.807) is 12.1 Å². The fourth-order valence-electron chi connectivity index (χ4n) is 2.42. The summed E-state index contributed by atoms with van der Waals surface area (Å²) in [5.74, 6) is 0.505. The molecular weight excluding hydrogens is 255 g/mol. The number of nitrogens with one attached hydrogen (secondary N) is 1. The molecule has 3 nitrogen and oxygen atoms in total. The van der Waals surface area contributed by atoms with E-state index in [-0.39, 0.29) is 5.75 Å². The van der Waals surface area contributed by atoms with Crippen LogP contribution in [0.5, 0.6) is 5.75 Å². The lowest BCUT2D eigenvalue weighted by atomic mass is 10.1. The van der Waals surface area contributed by atoms with E-state index in [2.05, 4.69) is 16.0 Å². The molecule has 0 bridgehead atoms. The number of rotatable bonds is 2. The molecule has 102 valence electrons. The Bertz CT molecular complexity index is 793. The van der Waals surface area contributed by atoms with Crippen LogP contribution in [0.1, 0.15) is 11.1 Å². The van der Waals surface area contributed by atoms with E-state index in [0.717, 1.165) is 16.6 Å². The maximum atomic E-state index is 13.8. The third-order valence-corrected chi connectivity index (χ3v) is 3.35. The highest BCUT2D eigenvalue weighted by molar-refractivity contribution is 5.83. The summed E-state index contributed by atoms with van der Waals surface area (Å²) < 4.78 is 18.7. The lowest BCUT2D eigenvalue weighted by Crippen LogP contribution is -1.89. The van der Waals surface area contributed by atoms with Crippen molar-refractivity contribution in [1.29, 1.82) is 0 Å². The summed E-state index contributed by atoms with van der Waals surface area (Å²) in [5, 5.41) is 0. The van der Waals surface area contributed by atoms with Gasteiger partial charge in [-0.15, -0.1) is 0 Å². The van der Waals surface area contributed by atoms with Crippen molar-refractivity contribution in [2.45, 2.75) is 13.8 Å². The monoisotopic (exact) mass is 270 g/mol. The van der Waals surface area contributed by atoms with E-state index in [1.807, 2.05) is 19.9 Å². The average molecular weight is 270 g/mol. The number of nitrogens with zero attached hydrogens (tertiary/aromatic N) is 1. The number of hydrogen-bond donors (Lipinski definition) is 1. The molecule has 0 saturated heterocycles. The molecule has 0 atom stereocenters. The first-order chi connectivity index (χ1) is 9.58. The molecule has 0 fully saturated rings. The molecule has 20 heavy (non-hydrogen) atoms. The minimum atomic E-state index is -0.390. The zero-order valence-electron chi connectivity index (χ0n) is 11.6. The normalized spacial score (nSPS) is 11.0. The van der Waals surface area contributed by atoms with Crippen LogP contribution in [0.3, 0.4) is 0 Å². The average Bonchev–Trinajstić information content (AvgIpc) is 2.82. The van der Waals surface area contributed by atoms with E-state index in [4.69, 9.17) is 4.74 Å². The second kappa shape index (κ2) is 4.63. The Morgan fingerprint density at radius 2 is 1.95 bits per heavy atom. The SMILES string of the molecule is COc1ccc(-c2nc3c(C)cc(C)cc3[nH]2)cc1F. The van der Waals surface area contributed by atoms with Crippen molar-refractivity contribution in [2.75, 3.05) is 7.11 Å². The van der Waals surface area contributed by atoms with Gasteiger partial charge in [0.05, 0.1) is 18.1 Å². The van der Waals surface area contributed by atoms with Gasteiger partial charge in [-0.25, -0.2) is 9.37 Å². The van der Waals surface area contributed by atoms with Crippen LogP contribution in [0, 0.1) is 19.7 Å². The van der Waals surface area contributed by atoms with E-state index < -0.39 is 5.82 Å². The van der Waals surface area contributed by atoms with Crippen molar-refractivity contribution in [1.82, 2.24) is 9.97 Å². The highest BCUT2D eigenvalue weighted by Gasteiger charge is 2.10. The van der Waals surface area contributed by atoms with Crippen molar-refractivity contribution in [3.05, 3.63) is 47.3 Å². The van der Waals surface area contributed by atoms with Gasteiger partial charge in [0.2, 0.25) is 0 Å². The molecule has 1 aromatic heterocycles. The Hall–Kier alpha value is -2.36. The highest BCUT2D eigenvalue weighted by atomic mass is 19.1. The van der Waals surface area contributed by atoms with Gasteiger partial charge in [-0.2, -0.15) is 0 Å². The molecule has 3 aromatic rings. The van der Waals surface area contributed by atoms with Crippen molar-refractivity contribution in [2.24, 2.45) is 0 Å². The zero-order chi connectivity index (χ0) is 14.3. The Morgan fingerprint density at radius 3 is 2.65 bits per heavy atom. The topological polar surface area (TPSA) is 37.9 Å². The number of H-pyrrole nitrogens is 1. The summed E-state index contributed by atoms with van der Waals surface area (Å²) in [6.07, 6.45) is 0. The van der Waals surface area contributed by atoms with Crippen molar-refractivity contribution in [3.8, 4) is 17.1 Å². The van der Waals surface area contributed by atoms with Crippen LogP contribution >= 0.6 is 0 Å². The van der Waals surface area contributed by atoms with Gasteiger partial charge in [0.25, 0.3) is 0 Å². The van der Waals surface area contributed by atoms with Crippen molar-refractivity contribution < 1.29 is 9.13 Å². The number of aryl methyl sites for hydroxylation is 2. The largest absolute Gasteiger partial charge is 0.494 e. The van der Waals surface area contributed by atoms with Crippen LogP contribution in [-0.4, -0.2) is 17.1 Å². The predicted octanol–water partition coefficient (Wildman–Crippen LogP) is 3.99. The molecule has 0 aliphatic heterocycles. The lowest BCUT2D eigenvalue weighted by molar-refractivity contribution is 0.386. The van der Waals surface area contributed by atoms with E-state index in [0.29, 0.717) is 11.4 Å². The summed E-state index contributed by atoms with van der Waals surface area (Å²) in [7, 11) is 1.45. The quantitative estimate of drug-likeness (QED) is 0.764. The van der Waals surface area contributed by atoms with Gasteiger partial charge in [-0.1, -0.05) is 6.07 Å². The molecule has 4 heteroatoms. The third kappa shape index (κ3) is 2.03. The third-order valence-electron chi connectivity index (χ3n) is 3.35.